The third-order valence-electron chi connectivity index (χ3n) is 6.04. The SMILES string of the molecule is COc1c([C@H]2[C@@H](C)[C@@](C)(C(F)(F)F)O[C@H]2C(=O)Nc2cc(C)nc(C(N)=O)c2)ccc(F)c1F. The smallest absolute Gasteiger partial charge is 0.417 e. The van der Waals surface area contributed by atoms with Crippen LogP contribution in [0.3, 0.4) is 0 Å². The number of nitrogens with two attached hydrogens (primary N) is 1. The second kappa shape index (κ2) is 8.82. The molecule has 1 aromatic heterocycles. The summed E-state index contributed by atoms with van der Waals surface area (Å²) in [5.41, 5.74) is 2.45. The largest absolute Gasteiger partial charge is 0.493 e. The lowest BCUT2D eigenvalue weighted by Crippen LogP contribution is -2.47. The molecule has 0 radical (unpaired) electrons. The van der Waals surface area contributed by atoms with Gasteiger partial charge in [0.05, 0.1) is 7.11 Å². The van der Waals surface area contributed by atoms with E-state index in [1.807, 2.05) is 0 Å². The number of aryl methyl sites for hydroxylation is 1. The van der Waals surface area contributed by atoms with Crippen LogP contribution < -0.4 is 15.8 Å². The minimum atomic E-state index is -4.89. The molecular weight excluding hydrogens is 465 g/mol. The molecule has 34 heavy (non-hydrogen) atoms. The van der Waals surface area contributed by atoms with Crippen LogP contribution in [0.4, 0.5) is 27.6 Å². The minimum absolute atomic E-state index is 0.0409. The Kier molecular flexibility index (Phi) is 6.57. The number of carbonyl (C=O) groups is 2. The molecule has 4 atom stereocenters. The molecule has 2 amide bonds. The van der Waals surface area contributed by atoms with Crippen LogP contribution in [0.2, 0.25) is 0 Å². The molecule has 0 bridgehead atoms. The van der Waals surface area contributed by atoms with Gasteiger partial charge < -0.3 is 20.5 Å². The van der Waals surface area contributed by atoms with Crippen molar-refractivity contribution in [2.45, 2.75) is 44.6 Å². The lowest BCUT2D eigenvalue weighted by atomic mass is 9.77. The standard InChI is InChI=1S/C22H22F5N3O4/c1-9-7-11(8-14(29-9)19(28)31)30-20(32)18-15(10(2)21(3,34-18)22(25,26)27)12-5-6-13(23)16(24)17(12)33-4/h5-8,10,15,18H,1-4H3,(H2,28,31)(H,29,30,32)/t10-,15-,18-,21+/m1/s1. The quantitative estimate of drug-likeness (QED) is 0.624. The number of carbonyl (C=O) groups excluding carboxylic acids is 2. The van der Waals surface area contributed by atoms with Gasteiger partial charge in [0.25, 0.3) is 11.8 Å². The van der Waals surface area contributed by atoms with Gasteiger partial charge >= 0.3 is 6.18 Å². The molecule has 0 unspecified atom stereocenters. The molecule has 2 aromatic rings. The number of hydrogen-bond acceptors (Lipinski definition) is 5. The number of ether oxygens (including phenoxy) is 2. The van der Waals surface area contributed by atoms with E-state index in [-0.39, 0.29) is 16.9 Å². The van der Waals surface area contributed by atoms with E-state index in [1.165, 1.54) is 19.9 Å². The number of hydrogen-bond donors (Lipinski definition) is 2. The lowest BCUT2D eigenvalue weighted by Gasteiger charge is -2.32. The number of benzene rings is 1. The van der Waals surface area contributed by atoms with Gasteiger partial charge in [0.1, 0.15) is 11.8 Å². The van der Waals surface area contributed by atoms with Crippen LogP contribution in [-0.4, -0.2) is 41.8 Å². The van der Waals surface area contributed by atoms with E-state index in [2.05, 4.69) is 10.3 Å². The minimum Gasteiger partial charge on any atom is -0.493 e. The van der Waals surface area contributed by atoms with Crippen molar-refractivity contribution in [2.24, 2.45) is 11.7 Å². The number of methoxy groups -OCH3 is 1. The molecule has 1 aliphatic heterocycles. The normalized spacial score (nSPS) is 24.7. The Morgan fingerprint density at radius 3 is 2.44 bits per heavy atom. The lowest BCUT2D eigenvalue weighted by molar-refractivity contribution is -0.272. The Balaban J connectivity index is 2.09. The van der Waals surface area contributed by atoms with Crippen molar-refractivity contribution < 1.29 is 41.0 Å². The molecule has 2 heterocycles. The van der Waals surface area contributed by atoms with Crippen LogP contribution in [0, 0.1) is 24.5 Å². The number of pyridine rings is 1. The summed E-state index contributed by atoms with van der Waals surface area (Å²) in [7, 11) is 1.03. The number of nitrogens with one attached hydrogen (secondary N) is 1. The van der Waals surface area contributed by atoms with Gasteiger partial charge in [-0.1, -0.05) is 13.0 Å². The average Bonchev–Trinajstić information content (AvgIpc) is 3.01. The van der Waals surface area contributed by atoms with Crippen LogP contribution in [-0.2, 0) is 9.53 Å². The van der Waals surface area contributed by atoms with Crippen LogP contribution >= 0.6 is 0 Å². The molecule has 184 valence electrons. The van der Waals surface area contributed by atoms with E-state index in [9.17, 15) is 31.5 Å². The van der Waals surface area contributed by atoms with Crippen molar-refractivity contribution in [1.82, 2.24) is 4.98 Å². The third kappa shape index (κ3) is 4.29. The first-order valence-corrected chi connectivity index (χ1v) is 10.1. The number of primary amides is 1. The van der Waals surface area contributed by atoms with Crippen molar-refractivity contribution in [1.29, 1.82) is 0 Å². The Hall–Kier alpha value is -3.28. The van der Waals surface area contributed by atoms with E-state index in [0.717, 1.165) is 32.2 Å². The first-order chi connectivity index (χ1) is 15.7. The Morgan fingerprint density at radius 2 is 1.88 bits per heavy atom. The van der Waals surface area contributed by atoms with Gasteiger partial charge in [-0.3, -0.25) is 9.59 Å². The summed E-state index contributed by atoms with van der Waals surface area (Å²) in [5.74, 6) is -7.93. The fourth-order valence-corrected chi connectivity index (χ4v) is 4.12. The highest BCUT2D eigenvalue weighted by Crippen LogP contribution is 2.55. The molecule has 7 nitrogen and oxygen atoms in total. The van der Waals surface area contributed by atoms with Crippen LogP contribution in [0.1, 0.15) is 41.5 Å². The molecule has 3 N–H and O–H groups in total. The van der Waals surface area contributed by atoms with Gasteiger partial charge in [-0.05, 0) is 32.0 Å². The molecular formula is C22H22F5N3O4. The Morgan fingerprint density at radius 1 is 1.24 bits per heavy atom. The van der Waals surface area contributed by atoms with Crippen molar-refractivity contribution in [3.05, 3.63) is 52.9 Å². The maximum absolute atomic E-state index is 14.4. The highest BCUT2D eigenvalue weighted by Gasteiger charge is 2.65. The zero-order valence-corrected chi connectivity index (χ0v) is 18.6. The number of aromatic nitrogens is 1. The van der Waals surface area contributed by atoms with E-state index in [1.54, 1.807) is 0 Å². The summed E-state index contributed by atoms with van der Waals surface area (Å²) >= 11 is 0. The molecule has 1 aromatic carbocycles. The second-order valence-corrected chi connectivity index (χ2v) is 8.18. The molecule has 1 fully saturated rings. The van der Waals surface area contributed by atoms with E-state index >= 15 is 0 Å². The fourth-order valence-electron chi connectivity index (χ4n) is 4.12. The molecule has 3 rings (SSSR count). The summed E-state index contributed by atoms with van der Waals surface area (Å²) in [4.78, 5) is 28.5. The number of amides is 2. The molecule has 1 aliphatic rings. The van der Waals surface area contributed by atoms with Gasteiger partial charge in [-0.15, -0.1) is 0 Å². The van der Waals surface area contributed by atoms with E-state index < -0.39 is 58.9 Å². The summed E-state index contributed by atoms with van der Waals surface area (Å²) < 4.78 is 80.3. The summed E-state index contributed by atoms with van der Waals surface area (Å²) in [6, 6.07) is 4.33. The highest BCUT2D eigenvalue weighted by molar-refractivity contribution is 5.97. The molecule has 0 saturated carbocycles. The number of anilines is 1. The monoisotopic (exact) mass is 487 g/mol. The van der Waals surface area contributed by atoms with Crippen molar-refractivity contribution >= 4 is 17.5 Å². The zero-order chi connectivity index (χ0) is 25.6. The number of alkyl halides is 3. The van der Waals surface area contributed by atoms with Crippen LogP contribution in [0.5, 0.6) is 5.75 Å². The fraction of sp³-hybridized carbons (Fsp3) is 0.409. The first-order valence-electron chi connectivity index (χ1n) is 10.1. The maximum Gasteiger partial charge on any atom is 0.417 e. The van der Waals surface area contributed by atoms with Gasteiger partial charge in [0.15, 0.2) is 17.2 Å². The third-order valence-corrected chi connectivity index (χ3v) is 6.04. The first kappa shape index (κ1) is 25.3. The predicted molar refractivity (Wildman–Crippen MR) is 110 cm³/mol. The Bertz CT molecular complexity index is 1140. The van der Waals surface area contributed by atoms with E-state index in [0.29, 0.717) is 5.69 Å². The summed E-state index contributed by atoms with van der Waals surface area (Å²) in [6.07, 6.45) is -6.66. The molecule has 0 spiro atoms. The number of nitrogens with zero attached hydrogens (tertiary/aromatic N) is 1. The highest BCUT2D eigenvalue weighted by atomic mass is 19.4. The zero-order valence-electron chi connectivity index (χ0n) is 18.6. The predicted octanol–water partition coefficient (Wildman–Crippen LogP) is 3.85. The second-order valence-electron chi connectivity index (χ2n) is 8.18. The molecule has 0 aliphatic carbocycles. The molecule has 1 saturated heterocycles. The molecule has 12 heteroatoms. The van der Waals surface area contributed by atoms with E-state index in [4.69, 9.17) is 15.2 Å². The summed E-state index contributed by atoms with van der Waals surface area (Å²) in [6.45, 7) is 3.51. The van der Waals surface area contributed by atoms with Gasteiger partial charge in [0.2, 0.25) is 5.82 Å². The topological polar surface area (TPSA) is 104 Å². The van der Waals surface area contributed by atoms with Crippen molar-refractivity contribution in [3.63, 3.8) is 0 Å². The van der Waals surface area contributed by atoms with Crippen molar-refractivity contribution in [2.75, 3.05) is 12.4 Å². The number of halogens is 5. The number of rotatable bonds is 5. The van der Waals surface area contributed by atoms with Gasteiger partial charge in [-0.2, -0.15) is 17.6 Å². The Labute approximate surface area is 191 Å². The van der Waals surface area contributed by atoms with Gasteiger partial charge in [-0.25, -0.2) is 9.37 Å². The average molecular weight is 487 g/mol. The summed E-state index contributed by atoms with van der Waals surface area (Å²) in [5, 5.41) is 2.41. The maximum atomic E-state index is 14.4. The van der Waals surface area contributed by atoms with Gasteiger partial charge in [0, 0.05) is 28.8 Å². The van der Waals surface area contributed by atoms with Crippen LogP contribution in [0.15, 0.2) is 24.3 Å². The van der Waals surface area contributed by atoms with Crippen LogP contribution in [0.25, 0.3) is 0 Å². The van der Waals surface area contributed by atoms with Crippen molar-refractivity contribution in [3.8, 4) is 5.75 Å².